The second-order valence-corrected chi connectivity index (χ2v) is 3.67. The van der Waals surface area contributed by atoms with Gasteiger partial charge in [0.1, 0.15) is 5.76 Å². The molecule has 0 saturated carbocycles. The molecule has 1 aromatic rings. The molecule has 0 aliphatic rings. The Balaban J connectivity index is 2.56. The van der Waals surface area contributed by atoms with Crippen LogP contribution in [0.2, 0.25) is 0 Å². The van der Waals surface area contributed by atoms with E-state index in [1.807, 2.05) is 23.9 Å². The first kappa shape index (κ1) is 8.68. The highest BCUT2D eigenvalue weighted by atomic mass is 32.2. The maximum atomic E-state index is 5.57. The Morgan fingerprint density at radius 1 is 1.73 bits per heavy atom. The largest absolute Gasteiger partial charge is 0.468 e. The maximum Gasteiger partial charge on any atom is 0.118 e. The molecule has 1 aromatic heterocycles. The Labute approximate surface area is 71.1 Å². The van der Waals surface area contributed by atoms with Gasteiger partial charge in [0.05, 0.1) is 11.5 Å². The predicted molar refractivity (Wildman–Crippen MR) is 48.6 cm³/mol. The molecule has 3 heteroatoms. The van der Waals surface area contributed by atoms with Crippen LogP contribution in [0.4, 0.5) is 0 Å². The summed E-state index contributed by atoms with van der Waals surface area (Å²) < 4.78 is 5.24. The van der Waals surface area contributed by atoms with Gasteiger partial charge in [-0.1, -0.05) is 6.92 Å². The first-order chi connectivity index (χ1) is 5.38. The monoisotopic (exact) mass is 171 g/mol. The molecule has 0 bridgehead atoms. The van der Waals surface area contributed by atoms with Crippen LogP contribution in [0.5, 0.6) is 0 Å². The van der Waals surface area contributed by atoms with Gasteiger partial charge in [0, 0.05) is 6.54 Å². The second kappa shape index (κ2) is 4.46. The van der Waals surface area contributed by atoms with Crippen molar-refractivity contribution in [3.63, 3.8) is 0 Å². The number of hydrogen-bond acceptors (Lipinski definition) is 3. The molecule has 0 saturated heterocycles. The van der Waals surface area contributed by atoms with Gasteiger partial charge in [-0.15, -0.1) is 11.8 Å². The Hall–Kier alpha value is -0.410. The van der Waals surface area contributed by atoms with E-state index in [9.17, 15) is 0 Å². The fraction of sp³-hybridized carbons (Fsp3) is 0.500. The van der Waals surface area contributed by atoms with Crippen molar-refractivity contribution in [2.75, 3.05) is 12.3 Å². The highest BCUT2D eigenvalue weighted by Crippen LogP contribution is 2.27. The highest BCUT2D eigenvalue weighted by molar-refractivity contribution is 7.99. The maximum absolute atomic E-state index is 5.57. The van der Waals surface area contributed by atoms with Crippen LogP contribution >= 0.6 is 11.8 Å². The van der Waals surface area contributed by atoms with Gasteiger partial charge in [0.25, 0.3) is 0 Å². The number of thioether (sulfide) groups is 1. The average Bonchev–Trinajstić information content (AvgIpc) is 2.52. The van der Waals surface area contributed by atoms with Crippen molar-refractivity contribution in [1.29, 1.82) is 0 Å². The molecule has 0 aliphatic carbocycles. The van der Waals surface area contributed by atoms with Crippen molar-refractivity contribution >= 4 is 11.8 Å². The third kappa shape index (κ3) is 2.27. The van der Waals surface area contributed by atoms with E-state index in [0.29, 0.717) is 11.8 Å². The molecule has 1 unspecified atom stereocenters. The van der Waals surface area contributed by atoms with Crippen molar-refractivity contribution in [3.8, 4) is 0 Å². The van der Waals surface area contributed by atoms with Crippen LogP contribution < -0.4 is 5.73 Å². The number of furan rings is 1. The van der Waals surface area contributed by atoms with E-state index < -0.39 is 0 Å². The molecule has 0 spiro atoms. The van der Waals surface area contributed by atoms with Gasteiger partial charge in [-0.3, -0.25) is 0 Å². The first-order valence-electron chi connectivity index (χ1n) is 3.73. The van der Waals surface area contributed by atoms with Gasteiger partial charge in [0.15, 0.2) is 0 Å². The Kier molecular flexibility index (Phi) is 3.52. The summed E-state index contributed by atoms with van der Waals surface area (Å²) in [6, 6.07) is 3.87. The van der Waals surface area contributed by atoms with E-state index in [2.05, 4.69) is 6.92 Å². The lowest BCUT2D eigenvalue weighted by Crippen LogP contribution is -2.08. The van der Waals surface area contributed by atoms with Crippen LogP contribution in [-0.4, -0.2) is 12.3 Å². The van der Waals surface area contributed by atoms with Gasteiger partial charge in [-0.05, 0) is 17.9 Å². The highest BCUT2D eigenvalue weighted by Gasteiger charge is 2.10. The van der Waals surface area contributed by atoms with Crippen molar-refractivity contribution in [2.45, 2.75) is 12.2 Å². The molecule has 11 heavy (non-hydrogen) atoms. The summed E-state index contributed by atoms with van der Waals surface area (Å²) >= 11 is 1.82. The molecular formula is C8H13NOS. The summed E-state index contributed by atoms with van der Waals surface area (Å²) in [6.07, 6.45) is 1.69. The topological polar surface area (TPSA) is 39.2 Å². The van der Waals surface area contributed by atoms with Crippen LogP contribution in [-0.2, 0) is 0 Å². The molecule has 2 nitrogen and oxygen atoms in total. The molecule has 1 rings (SSSR count). The molecule has 1 heterocycles. The summed E-state index contributed by atoms with van der Waals surface area (Å²) in [6.45, 7) is 2.77. The Morgan fingerprint density at radius 3 is 3.00 bits per heavy atom. The van der Waals surface area contributed by atoms with Gasteiger partial charge >= 0.3 is 0 Å². The van der Waals surface area contributed by atoms with Crippen molar-refractivity contribution in [2.24, 2.45) is 5.73 Å². The van der Waals surface area contributed by atoms with Crippen LogP contribution in [0.1, 0.15) is 17.9 Å². The van der Waals surface area contributed by atoms with E-state index in [-0.39, 0.29) is 0 Å². The van der Waals surface area contributed by atoms with E-state index >= 15 is 0 Å². The molecule has 0 amide bonds. The smallest absolute Gasteiger partial charge is 0.118 e. The van der Waals surface area contributed by atoms with E-state index in [4.69, 9.17) is 10.2 Å². The lowest BCUT2D eigenvalue weighted by molar-refractivity contribution is 0.507. The van der Waals surface area contributed by atoms with E-state index in [1.165, 1.54) is 0 Å². The van der Waals surface area contributed by atoms with Crippen molar-refractivity contribution < 1.29 is 4.42 Å². The van der Waals surface area contributed by atoms with Crippen LogP contribution in [0.15, 0.2) is 22.8 Å². The minimum Gasteiger partial charge on any atom is -0.468 e. The van der Waals surface area contributed by atoms with Gasteiger partial charge in [-0.25, -0.2) is 0 Å². The van der Waals surface area contributed by atoms with Gasteiger partial charge < -0.3 is 10.2 Å². The normalized spacial score (nSPS) is 13.3. The van der Waals surface area contributed by atoms with Crippen LogP contribution in [0.25, 0.3) is 0 Å². The molecule has 0 aliphatic heterocycles. The molecule has 0 aromatic carbocycles. The molecule has 62 valence electrons. The van der Waals surface area contributed by atoms with Crippen molar-refractivity contribution in [1.82, 2.24) is 0 Å². The lowest BCUT2D eigenvalue weighted by Gasteiger charge is -2.08. The molecule has 0 radical (unpaired) electrons. The second-order valence-electron chi connectivity index (χ2n) is 2.20. The van der Waals surface area contributed by atoms with E-state index in [1.54, 1.807) is 6.26 Å². The Morgan fingerprint density at radius 2 is 2.55 bits per heavy atom. The van der Waals surface area contributed by atoms with Crippen LogP contribution in [0.3, 0.4) is 0 Å². The summed E-state index contributed by atoms with van der Waals surface area (Å²) in [5, 5.41) is 0.329. The summed E-state index contributed by atoms with van der Waals surface area (Å²) in [4.78, 5) is 0. The lowest BCUT2D eigenvalue weighted by atomic mass is 10.3. The molecule has 1 atom stereocenters. The molecular weight excluding hydrogens is 158 g/mol. The summed E-state index contributed by atoms with van der Waals surface area (Å²) in [5.41, 5.74) is 5.57. The zero-order valence-corrected chi connectivity index (χ0v) is 7.43. The molecule has 2 N–H and O–H groups in total. The molecule has 0 fully saturated rings. The number of rotatable bonds is 4. The number of nitrogens with two attached hydrogens (primary N) is 1. The van der Waals surface area contributed by atoms with E-state index in [0.717, 1.165) is 11.5 Å². The first-order valence-corrected chi connectivity index (χ1v) is 4.78. The van der Waals surface area contributed by atoms with Crippen LogP contribution in [0, 0.1) is 0 Å². The average molecular weight is 171 g/mol. The summed E-state index contributed by atoms with van der Waals surface area (Å²) in [7, 11) is 0. The Bertz CT molecular complexity index is 186. The third-order valence-corrected chi connectivity index (χ3v) is 2.60. The minimum atomic E-state index is 0.329. The van der Waals surface area contributed by atoms with Crippen molar-refractivity contribution in [3.05, 3.63) is 24.2 Å². The summed E-state index contributed by atoms with van der Waals surface area (Å²) in [5.74, 6) is 2.06. The SMILES string of the molecule is CCSC(CN)c1ccco1. The predicted octanol–water partition coefficient (Wildman–Crippen LogP) is 2.03. The minimum absolute atomic E-state index is 0.329. The van der Waals surface area contributed by atoms with Gasteiger partial charge in [-0.2, -0.15) is 0 Å². The quantitative estimate of drug-likeness (QED) is 0.753. The fourth-order valence-corrected chi connectivity index (χ4v) is 1.78. The number of hydrogen-bond donors (Lipinski definition) is 1. The standard InChI is InChI=1S/C8H13NOS/c1-2-11-8(6-9)7-4-3-5-10-7/h3-5,8H,2,6,9H2,1H3. The van der Waals surface area contributed by atoms with Gasteiger partial charge in [0.2, 0.25) is 0 Å². The zero-order chi connectivity index (χ0) is 8.10. The fourth-order valence-electron chi connectivity index (χ4n) is 0.942. The third-order valence-electron chi connectivity index (χ3n) is 1.44. The zero-order valence-electron chi connectivity index (χ0n) is 6.62.